The normalized spacial score (nSPS) is 12.8. The molecule has 0 fully saturated rings. The summed E-state index contributed by atoms with van der Waals surface area (Å²) in [6.45, 7) is 6.24. The van der Waals surface area contributed by atoms with Crippen molar-refractivity contribution in [2.45, 2.75) is 46.1 Å². The lowest BCUT2D eigenvalue weighted by molar-refractivity contribution is -0.120. The number of ketones is 1. The highest BCUT2D eigenvalue weighted by molar-refractivity contribution is 5.83. The number of carbonyl (C=O) groups is 1. The van der Waals surface area contributed by atoms with E-state index in [2.05, 4.69) is 45.0 Å². The predicted octanol–water partition coefficient (Wildman–Crippen LogP) is 2.87. The maximum Gasteiger partial charge on any atom is 0.149 e. The van der Waals surface area contributed by atoms with Gasteiger partial charge in [-0.3, -0.25) is 4.79 Å². The molecule has 2 N–H and O–H groups in total. The van der Waals surface area contributed by atoms with Crippen molar-refractivity contribution in [1.29, 1.82) is 0 Å². The molecule has 0 aliphatic heterocycles. The quantitative estimate of drug-likeness (QED) is 0.821. The minimum atomic E-state index is -0.291. The number of benzene rings is 1. The monoisotopic (exact) mass is 233 g/mol. The Hall–Kier alpha value is -1.15. The van der Waals surface area contributed by atoms with Gasteiger partial charge in [0.1, 0.15) is 5.78 Å². The Morgan fingerprint density at radius 3 is 2.35 bits per heavy atom. The summed E-state index contributed by atoms with van der Waals surface area (Å²) < 4.78 is 0. The van der Waals surface area contributed by atoms with Crippen LogP contribution in [0, 0.1) is 12.8 Å². The van der Waals surface area contributed by atoms with Gasteiger partial charge in [0.15, 0.2) is 0 Å². The van der Waals surface area contributed by atoms with Gasteiger partial charge >= 0.3 is 0 Å². The van der Waals surface area contributed by atoms with E-state index in [4.69, 9.17) is 5.73 Å². The average molecular weight is 233 g/mol. The molecule has 0 spiro atoms. The van der Waals surface area contributed by atoms with Gasteiger partial charge < -0.3 is 5.73 Å². The molecule has 0 saturated carbocycles. The second kappa shape index (κ2) is 6.55. The summed E-state index contributed by atoms with van der Waals surface area (Å²) in [5.74, 6) is 0.660. The van der Waals surface area contributed by atoms with Crippen molar-refractivity contribution in [2.24, 2.45) is 11.7 Å². The van der Waals surface area contributed by atoms with Crippen molar-refractivity contribution >= 4 is 5.78 Å². The molecule has 0 aromatic heterocycles. The molecule has 0 heterocycles. The standard InChI is InChI=1S/C15H23NO/c1-11(2)10-14(16)15(17)9-8-13-6-4-12(3)5-7-13/h4-7,11,14H,8-10,16H2,1-3H3/t14-/m1/s1. The summed E-state index contributed by atoms with van der Waals surface area (Å²) in [6.07, 6.45) is 2.13. The zero-order chi connectivity index (χ0) is 12.8. The van der Waals surface area contributed by atoms with Crippen molar-refractivity contribution in [1.82, 2.24) is 0 Å². The van der Waals surface area contributed by atoms with Crippen LogP contribution >= 0.6 is 0 Å². The predicted molar refractivity (Wildman–Crippen MR) is 71.9 cm³/mol. The Morgan fingerprint density at radius 1 is 1.24 bits per heavy atom. The molecule has 0 aliphatic rings. The SMILES string of the molecule is Cc1ccc(CCC(=O)[C@H](N)CC(C)C)cc1. The van der Waals surface area contributed by atoms with Crippen LogP contribution in [0.15, 0.2) is 24.3 Å². The maximum atomic E-state index is 11.8. The van der Waals surface area contributed by atoms with Gasteiger partial charge in [0.25, 0.3) is 0 Å². The van der Waals surface area contributed by atoms with Gasteiger partial charge in [-0.05, 0) is 31.2 Å². The van der Waals surface area contributed by atoms with Gasteiger partial charge in [-0.15, -0.1) is 0 Å². The van der Waals surface area contributed by atoms with Crippen LogP contribution < -0.4 is 5.73 Å². The van der Waals surface area contributed by atoms with E-state index in [-0.39, 0.29) is 11.8 Å². The van der Waals surface area contributed by atoms with E-state index in [1.165, 1.54) is 11.1 Å². The Labute approximate surface area is 104 Å². The van der Waals surface area contributed by atoms with Gasteiger partial charge in [-0.1, -0.05) is 43.7 Å². The van der Waals surface area contributed by atoms with Crippen LogP contribution in [0.2, 0.25) is 0 Å². The van der Waals surface area contributed by atoms with Crippen molar-refractivity contribution < 1.29 is 4.79 Å². The highest BCUT2D eigenvalue weighted by atomic mass is 16.1. The van der Waals surface area contributed by atoms with Gasteiger partial charge in [0, 0.05) is 6.42 Å². The fraction of sp³-hybridized carbons (Fsp3) is 0.533. The van der Waals surface area contributed by atoms with Gasteiger partial charge in [0.2, 0.25) is 0 Å². The molecule has 0 radical (unpaired) electrons. The molecule has 0 saturated heterocycles. The minimum Gasteiger partial charge on any atom is -0.322 e. The molecule has 1 atom stereocenters. The van der Waals surface area contributed by atoms with E-state index in [1.807, 2.05) is 0 Å². The summed E-state index contributed by atoms with van der Waals surface area (Å²) in [4.78, 5) is 11.8. The van der Waals surface area contributed by atoms with E-state index in [0.717, 1.165) is 12.8 Å². The summed E-state index contributed by atoms with van der Waals surface area (Å²) in [6, 6.07) is 8.02. The van der Waals surface area contributed by atoms with Gasteiger partial charge in [-0.25, -0.2) is 0 Å². The van der Waals surface area contributed by atoms with Crippen molar-refractivity contribution in [2.75, 3.05) is 0 Å². The maximum absolute atomic E-state index is 11.8. The van der Waals surface area contributed by atoms with Crippen LogP contribution in [-0.4, -0.2) is 11.8 Å². The molecule has 2 nitrogen and oxygen atoms in total. The Balaban J connectivity index is 2.40. The largest absolute Gasteiger partial charge is 0.322 e. The first kappa shape index (κ1) is 13.9. The van der Waals surface area contributed by atoms with Gasteiger partial charge in [-0.2, -0.15) is 0 Å². The number of aryl methyl sites for hydroxylation is 2. The van der Waals surface area contributed by atoms with E-state index >= 15 is 0 Å². The van der Waals surface area contributed by atoms with Crippen LogP contribution in [0.1, 0.15) is 37.8 Å². The Bertz CT molecular complexity index is 354. The van der Waals surface area contributed by atoms with Crippen molar-refractivity contribution in [3.8, 4) is 0 Å². The van der Waals surface area contributed by atoms with Crippen LogP contribution in [0.25, 0.3) is 0 Å². The zero-order valence-electron chi connectivity index (χ0n) is 11.1. The molecule has 0 amide bonds. The average Bonchev–Trinajstić information content (AvgIpc) is 2.27. The molecule has 0 unspecified atom stereocenters. The molecule has 0 bridgehead atoms. The second-order valence-corrected chi connectivity index (χ2v) is 5.19. The first-order valence-corrected chi connectivity index (χ1v) is 6.33. The van der Waals surface area contributed by atoms with E-state index in [1.54, 1.807) is 0 Å². The Kier molecular flexibility index (Phi) is 5.36. The summed E-state index contributed by atoms with van der Waals surface area (Å²) in [5, 5.41) is 0. The molecule has 17 heavy (non-hydrogen) atoms. The van der Waals surface area contributed by atoms with Crippen LogP contribution in [-0.2, 0) is 11.2 Å². The topological polar surface area (TPSA) is 43.1 Å². The molecular weight excluding hydrogens is 210 g/mol. The minimum absolute atomic E-state index is 0.180. The smallest absolute Gasteiger partial charge is 0.149 e. The lowest BCUT2D eigenvalue weighted by atomic mass is 9.97. The van der Waals surface area contributed by atoms with Crippen molar-refractivity contribution in [3.63, 3.8) is 0 Å². The number of nitrogens with two attached hydrogens (primary N) is 1. The number of hydrogen-bond donors (Lipinski definition) is 1. The third-order valence-electron chi connectivity index (χ3n) is 2.92. The third-order valence-corrected chi connectivity index (χ3v) is 2.92. The molecule has 2 heteroatoms. The molecular formula is C15H23NO. The summed E-state index contributed by atoms with van der Waals surface area (Å²) in [5.41, 5.74) is 8.31. The highest BCUT2D eigenvalue weighted by Gasteiger charge is 2.14. The third kappa shape index (κ3) is 5.14. The molecule has 94 valence electrons. The van der Waals surface area contributed by atoms with Crippen LogP contribution in [0.5, 0.6) is 0 Å². The first-order valence-electron chi connectivity index (χ1n) is 6.33. The summed E-state index contributed by atoms with van der Waals surface area (Å²) in [7, 11) is 0. The van der Waals surface area contributed by atoms with E-state index < -0.39 is 0 Å². The molecule has 1 rings (SSSR count). The zero-order valence-corrected chi connectivity index (χ0v) is 11.1. The van der Waals surface area contributed by atoms with Crippen molar-refractivity contribution in [3.05, 3.63) is 35.4 Å². The lowest BCUT2D eigenvalue weighted by Gasteiger charge is -2.12. The number of carbonyl (C=O) groups excluding carboxylic acids is 1. The number of Topliss-reactive ketones (excluding diaryl/α,β-unsaturated/α-hetero) is 1. The van der Waals surface area contributed by atoms with Crippen LogP contribution in [0.4, 0.5) is 0 Å². The van der Waals surface area contributed by atoms with Crippen LogP contribution in [0.3, 0.4) is 0 Å². The number of rotatable bonds is 6. The second-order valence-electron chi connectivity index (χ2n) is 5.19. The lowest BCUT2D eigenvalue weighted by Crippen LogP contribution is -2.32. The van der Waals surface area contributed by atoms with Gasteiger partial charge in [0.05, 0.1) is 6.04 Å². The highest BCUT2D eigenvalue weighted by Crippen LogP contribution is 2.09. The molecule has 1 aromatic rings. The Morgan fingerprint density at radius 2 is 1.82 bits per heavy atom. The van der Waals surface area contributed by atoms with E-state index in [0.29, 0.717) is 12.3 Å². The first-order chi connectivity index (χ1) is 7.99. The molecule has 1 aromatic carbocycles. The number of hydrogen-bond acceptors (Lipinski definition) is 2. The van der Waals surface area contributed by atoms with E-state index in [9.17, 15) is 4.79 Å². The molecule has 0 aliphatic carbocycles. The summed E-state index contributed by atoms with van der Waals surface area (Å²) >= 11 is 0. The fourth-order valence-corrected chi connectivity index (χ4v) is 1.85. The fourth-order valence-electron chi connectivity index (χ4n) is 1.85.